The van der Waals surface area contributed by atoms with Crippen molar-refractivity contribution in [3.05, 3.63) is 72.3 Å². The van der Waals surface area contributed by atoms with Gasteiger partial charge in [0.1, 0.15) is 35.2 Å². The first kappa shape index (κ1) is 38.2. The van der Waals surface area contributed by atoms with Crippen molar-refractivity contribution in [2.75, 3.05) is 20.2 Å². The fourth-order valence-corrected chi connectivity index (χ4v) is 7.78. The predicted molar refractivity (Wildman–Crippen MR) is 209 cm³/mol. The molecule has 5 aromatic rings. The van der Waals surface area contributed by atoms with Crippen LogP contribution < -0.4 is 15.4 Å². The van der Waals surface area contributed by atoms with Crippen LogP contribution in [0, 0.1) is 11.8 Å². The first-order valence-electron chi connectivity index (χ1n) is 19.1. The van der Waals surface area contributed by atoms with Crippen LogP contribution in [0.5, 0.6) is 11.5 Å². The number of hydrogen-bond acceptors (Lipinski definition) is 8. The van der Waals surface area contributed by atoms with Crippen LogP contribution in [0.25, 0.3) is 33.2 Å². The van der Waals surface area contributed by atoms with E-state index in [2.05, 4.69) is 20.6 Å². The molecule has 2 aliphatic rings. The van der Waals surface area contributed by atoms with Gasteiger partial charge >= 0.3 is 12.2 Å². The summed E-state index contributed by atoms with van der Waals surface area (Å²) in [4.78, 5) is 70.3. The maximum Gasteiger partial charge on any atom is 0.407 e. The molecule has 0 bridgehead atoms. The molecule has 2 fully saturated rings. The summed E-state index contributed by atoms with van der Waals surface area (Å²) in [5.41, 5.74) is 5.16. The minimum atomic E-state index is -1.22. The molecule has 4 amide bonds. The number of alkyl carbamates (subject to hydrolysis) is 1. The molecule has 15 nitrogen and oxygen atoms in total. The predicted octanol–water partition coefficient (Wildman–Crippen LogP) is 6.90. The molecule has 4 heterocycles. The number of nitrogens with one attached hydrogen (secondary N) is 4. The number of carbonyl (C=O) groups is 4. The van der Waals surface area contributed by atoms with Gasteiger partial charge in [-0.1, -0.05) is 45.9 Å². The van der Waals surface area contributed by atoms with E-state index in [0.717, 1.165) is 64.7 Å². The molecule has 2 saturated heterocycles. The molecule has 0 aliphatic carbocycles. The lowest BCUT2D eigenvalue weighted by Crippen LogP contribution is -2.51. The fourth-order valence-electron chi connectivity index (χ4n) is 7.78. The number of imidazole rings is 2. The Morgan fingerprint density at radius 2 is 1.21 bits per heavy atom. The topological polar surface area (TPSA) is 195 Å². The molecule has 2 aliphatic heterocycles. The number of aromatic nitrogens is 4. The summed E-state index contributed by atoms with van der Waals surface area (Å²) in [6.07, 6.45) is 1.27. The Bertz CT molecular complexity index is 2250. The average Bonchev–Trinajstić information content (AvgIpc) is 4.00. The third-order valence-corrected chi connectivity index (χ3v) is 10.7. The Morgan fingerprint density at radius 1 is 0.714 bits per heavy atom. The number of benzene rings is 3. The summed E-state index contributed by atoms with van der Waals surface area (Å²) in [6, 6.07) is 17.4. The van der Waals surface area contributed by atoms with Gasteiger partial charge in [-0.15, -0.1) is 0 Å². The molecule has 56 heavy (non-hydrogen) atoms. The number of hydrogen-bond donors (Lipinski definition) is 5. The number of amides is 4. The molecule has 0 spiro atoms. The number of rotatable bonds is 11. The Kier molecular flexibility index (Phi) is 10.9. The Balaban J connectivity index is 1.03. The smallest absolute Gasteiger partial charge is 0.407 e. The maximum absolute atomic E-state index is 13.6. The van der Waals surface area contributed by atoms with E-state index < -0.39 is 24.3 Å². The zero-order valence-electron chi connectivity index (χ0n) is 32.2. The molecule has 2 aromatic heterocycles. The van der Waals surface area contributed by atoms with Gasteiger partial charge in [-0.3, -0.25) is 9.59 Å². The first-order chi connectivity index (χ1) is 26.9. The monoisotopic (exact) mass is 764 g/mol. The number of fused-ring (bicyclic) bond motifs is 2. The van der Waals surface area contributed by atoms with Crippen molar-refractivity contribution < 1.29 is 33.8 Å². The van der Waals surface area contributed by atoms with E-state index in [1.54, 1.807) is 9.80 Å². The van der Waals surface area contributed by atoms with Crippen molar-refractivity contribution in [2.45, 2.75) is 77.5 Å². The zero-order chi connectivity index (χ0) is 39.7. The van der Waals surface area contributed by atoms with E-state index in [4.69, 9.17) is 19.4 Å². The normalized spacial score (nSPS) is 18.1. The lowest BCUT2D eigenvalue weighted by atomic mass is 10.0. The van der Waals surface area contributed by atoms with Gasteiger partial charge in [-0.05, 0) is 85.0 Å². The Hall–Kier alpha value is -6.12. The summed E-state index contributed by atoms with van der Waals surface area (Å²) < 4.78 is 11.0. The van der Waals surface area contributed by atoms with Gasteiger partial charge in [-0.25, -0.2) is 19.6 Å². The van der Waals surface area contributed by atoms with Gasteiger partial charge in [0.05, 0.1) is 41.3 Å². The number of carbonyl (C=O) groups excluding carboxylic acids is 3. The second kappa shape index (κ2) is 15.9. The van der Waals surface area contributed by atoms with Crippen LogP contribution in [-0.4, -0.2) is 91.1 Å². The SMILES string of the molecule is COC(=O)N[C@H](C(=O)N1CCC[C@H]1c1nc2ccc(-c3ccc(Oc4ccc5nc([C@@H]6CCCN6C(=O)[C@@H](NC(=O)O)C(C)C)[nH]c5c4)cc3)cc2[nH]1)C(C)C. The van der Waals surface area contributed by atoms with Crippen LogP contribution in [-0.2, 0) is 14.3 Å². The van der Waals surface area contributed by atoms with Crippen LogP contribution in [0.15, 0.2) is 60.7 Å². The molecule has 0 radical (unpaired) electrons. The number of likely N-dealkylation sites (tertiary alicyclic amines) is 2. The van der Waals surface area contributed by atoms with Crippen molar-refractivity contribution in [1.29, 1.82) is 0 Å². The van der Waals surface area contributed by atoms with E-state index in [1.165, 1.54) is 7.11 Å². The molecule has 5 N–H and O–H groups in total. The van der Waals surface area contributed by atoms with Crippen molar-refractivity contribution >= 4 is 46.1 Å². The summed E-state index contributed by atoms with van der Waals surface area (Å²) in [7, 11) is 1.28. The van der Waals surface area contributed by atoms with Crippen LogP contribution in [0.2, 0.25) is 0 Å². The number of carboxylic acid groups (broad SMARTS) is 1. The molecule has 0 saturated carbocycles. The zero-order valence-corrected chi connectivity index (χ0v) is 32.2. The highest BCUT2D eigenvalue weighted by atomic mass is 16.5. The molecule has 0 unspecified atom stereocenters. The molecule has 294 valence electrons. The first-order valence-corrected chi connectivity index (χ1v) is 19.1. The van der Waals surface area contributed by atoms with Crippen molar-refractivity contribution in [3.63, 3.8) is 0 Å². The van der Waals surface area contributed by atoms with Crippen LogP contribution in [0.4, 0.5) is 9.59 Å². The summed E-state index contributed by atoms with van der Waals surface area (Å²) in [6.45, 7) is 8.55. The highest BCUT2D eigenvalue weighted by Gasteiger charge is 2.39. The number of H-pyrrole nitrogens is 2. The van der Waals surface area contributed by atoms with E-state index in [9.17, 15) is 24.3 Å². The number of aromatic amines is 2. The van der Waals surface area contributed by atoms with Gasteiger partial charge in [-0.2, -0.15) is 0 Å². The van der Waals surface area contributed by atoms with Gasteiger partial charge < -0.3 is 45.0 Å². The van der Waals surface area contributed by atoms with E-state index in [1.807, 2.05) is 88.4 Å². The molecule has 3 aromatic carbocycles. The minimum Gasteiger partial charge on any atom is -0.465 e. The average molecular weight is 765 g/mol. The highest BCUT2D eigenvalue weighted by Crippen LogP contribution is 2.36. The van der Waals surface area contributed by atoms with E-state index >= 15 is 0 Å². The van der Waals surface area contributed by atoms with Crippen molar-refractivity contribution in [1.82, 2.24) is 40.4 Å². The molecular weight excluding hydrogens is 716 g/mol. The third-order valence-electron chi connectivity index (χ3n) is 10.7. The standard InChI is InChI=1S/C41H48N8O7/c1-22(2)34(46-40(52)53)38(50)48-18-6-9-33(48)37-43-29-17-15-27(21-31(29)45-37)56-26-13-10-24(11-14-26)25-12-16-28-30(20-25)44-36(42-28)32-8-7-19-49(32)39(51)35(23(3)4)47-41(54)55-5/h10-17,20-23,32-35,46H,6-9,18-19H2,1-5H3,(H,42,44)(H,43,45)(H,47,54)(H,52,53)/t32-,33-,34-,35-/m0/s1. The van der Waals surface area contributed by atoms with Gasteiger partial charge in [0, 0.05) is 19.2 Å². The Morgan fingerprint density at radius 3 is 1.75 bits per heavy atom. The molecule has 15 heteroatoms. The Labute approximate surface area is 324 Å². The summed E-state index contributed by atoms with van der Waals surface area (Å²) >= 11 is 0. The third kappa shape index (κ3) is 7.84. The largest absolute Gasteiger partial charge is 0.465 e. The van der Waals surface area contributed by atoms with Crippen molar-refractivity contribution in [3.8, 4) is 22.6 Å². The quantitative estimate of drug-likeness (QED) is 0.0951. The molecule has 7 rings (SSSR count). The van der Waals surface area contributed by atoms with Gasteiger partial charge in [0.25, 0.3) is 0 Å². The van der Waals surface area contributed by atoms with Crippen LogP contribution in [0.3, 0.4) is 0 Å². The fraction of sp³-hybridized carbons (Fsp3) is 0.415. The summed E-state index contributed by atoms with van der Waals surface area (Å²) in [5, 5.41) is 14.4. The second-order valence-corrected chi connectivity index (χ2v) is 15.2. The van der Waals surface area contributed by atoms with Crippen LogP contribution in [0.1, 0.15) is 77.1 Å². The van der Waals surface area contributed by atoms with Gasteiger partial charge in [0.15, 0.2) is 0 Å². The lowest BCUT2D eigenvalue weighted by Gasteiger charge is -2.29. The van der Waals surface area contributed by atoms with Crippen LogP contribution >= 0.6 is 0 Å². The highest BCUT2D eigenvalue weighted by molar-refractivity contribution is 5.88. The van der Waals surface area contributed by atoms with Gasteiger partial charge in [0.2, 0.25) is 11.8 Å². The maximum atomic E-state index is 13.6. The molecular formula is C41H48N8O7. The minimum absolute atomic E-state index is 0.116. The second-order valence-electron chi connectivity index (χ2n) is 15.2. The van der Waals surface area contributed by atoms with E-state index in [0.29, 0.717) is 30.4 Å². The summed E-state index contributed by atoms with van der Waals surface area (Å²) in [5.74, 6) is 1.94. The lowest BCUT2D eigenvalue weighted by molar-refractivity contribution is -0.136. The number of nitrogens with zero attached hydrogens (tertiary/aromatic N) is 4. The van der Waals surface area contributed by atoms with E-state index in [-0.39, 0.29) is 35.7 Å². The van der Waals surface area contributed by atoms with Crippen molar-refractivity contribution in [2.24, 2.45) is 11.8 Å². The molecule has 4 atom stereocenters. The number of methoxy groups -OCH3 is 1. The number of ether oxygens (including phenoxy) is 2.